The lowest BCUT2D eigenvalue weighted by atomic mass is 10.1. The Kier molecular flexibility index (Phi) is 3.00. The lowest BCUT2D eigenvalue weighted by Crippen LogP contribution is -1.75. The Hall–Kier alpha value is -0.930. The second-order valence-electron chi connectivity index (χ2n) is 4.01. The van der Waals surface area contributed by atoms with Gasteiger partial charge < -0.3 is 0 Å². The van der Waals surface area contributed by atoms with E-state index in [9.17, 15) is 4.79 Å². The summed E-state index contributed by atoms with van der Waals surface area (Å²) in [6.07, 6.45) is 0.951. The van der Waals surface area contributed by atoms with Crippen molar-refractivity contribution in [3.8, 4) is 9.75 Å². The summed E-state index contributed by atoms with van der Waals surface area (Å²) < 4.78 is 0. The van der Waals surface area contributed by atoms with E-state index in [0.29, 0.717) is 0 Å². The van der Waals surface area contributed by atoms with E-state index in [1.165, 1.54) is 25.8 Å². The molecular weight excluding hydrogens is 236 g/mol. The van der Waals surface area contributed by atoms with Crippen molar-refractivity contribution in [2.24, 2.45) is 0 Å². The Morgan fingerprint density at radius 2 is 1.75 bits per heavy atom. The van der Waals surface area contributed by atoms with Crippen molar-refractivity contribution in [2.45, 2.75) is 27.7 Å². The van der Waals surface area contributed by atoms with Crippen LogP contribution in [-0.2, 0) is 0 Å². The molecule has 0 fully saturated rings. The molecule has 3 heteroatoms. The summed E-state index contributed by atoms with van der Waals surface area (Å²) >= 11 is 3.41. The van der Waals surface area contributed by atoms with Crippen LogP contribution < -0.4 is 0 Å². The zero-order valence-electron chi connectivity index (χ0n) is 9.88. The molecule has 2 aromatic rings. The van der Waals surface area contributed by atoms with Gasteiger partial charge in [-0.25, -0.2) is 0 Å². The second kappa shape index (κ2) is 4.15. The van der Waals surface area contributed by atoms with E-state index in [-0.39, 0.29) is 0 Å². The van der Waals surface area contributed by atoms with Crippen molar-refractivity contribution in [3.63, 3.8) is 0 Å². The van der Waals surface area contributed by atoms with E-state index >= 15 is 0 Å². The van der Waals surface area contributed by atoms with Crippen LogP contribution in [0, 0.1) is 27.7 Å². The maximum Gasteiger partial charge on any atom is 0.160 e. The van der Waals surface area contributed by atoms with E-state index in [0.717, 1.165) is 16.7 Å². The number of carbonyl (C=O) groups excluding carboxylic acids is 1. The van der Waals surface area contributed by atoms with Crippen LogP contribution in [0.5, 0.6) is 0 Å². The summed E-state index contributed by atoms with van der Waals surface area (Å²) in [5, 5.41) is 0. The molecule has 1 nitrogen and oxygen atoms in total. The summed E-state index contributed by atoms with van der Waals surface area (Å²) in [5.74, 6) is 0. The molecule has 0 saturated heterocycles. The first kappa shape index (κ1) is 11.6. The molecule has 16 heavy (non-hydrogen) atoms. The second-order valence-corrected chi connectivity index (χ2v) is 6.32. The summed E-state index contributed by atoms with van der Waals surface area (Å²) in [5.41, 5.74) is 3.80. The van der Waals surface area contributed by atoms with Gasteiger partial charge in [-0.1, -0.05) is 0 Å². The van der Waals surface area contributed by atoms with Gasteiger partial charge in [-0.05, 0) is 50.5 Å². The summed E-state index contributed by atoms with van der Waals surface area (Å²) in [4.78, 5) is 15.6. The van der Waals surface area contributed by atoms with Gasteiger partial charge in [0.05, 0.1) is 4.88 Å². The fourth-order valence-corrected chi connectivity index (χ4v) is 4.02. The van der Waals surface area contributed by atoms with Crippen molar-refractivity contribution in [1.29, 1.82) is 0 Å². The Morgan fingerprint density at radius 1 is 1.06 bits per heavy atom. The van der Waals surface area contributed by atoms with Crippen molar-refractivity contribution in [1.82, 2.24) is 0 Å². The predicted octanol–water partition coefficient (Wildman–Crippen LogP) is 4.52. The smallest absolute Gasteiger partial charge is 0.160 e. The third kappa shape index (κ3) is 1.74. The highest BCUT2D eigenvalue weighted by Crippen LogP contribution is 2.39. The monoisotopic (exact) mass is 250 g/mol. The number of aldehydes is 1. The van der Waals surface area contributed by atoms with Crippen LogP contribution in [0.25, 0.3) is 9.75 Å². The van der Waals surface area contributed by atoms with Gasteiger partial charge in [0, 0.05) is 14.6 Å². The first-order chi connectivity index (χ1) is 7.54. The van der Waals surface area contributed by atoms with Gasteiger partial charge in [0.15, 0.2) is 6.29 Å². The normalized spacial score (nSPS) is 10.8. The lowest BCUT2D eigenvalue weighted by Gasteiger charge is -1.94. The molecule has 0 atom stereocenters. The van der Waals surface area contributed by atoms with Crippen LogP contribution in [0.15, 0.2) is 6.07 Å². The molecule has 0 aliphatic rings. The number of hydrogen-bond donors (Lipinski definition) is 0. The molecule has 0 saturated carbocycles. The highest BCUT2D eigenvalue weighted by atomic mass is 32.1. The minimum atomic E-state index is 0.845. The average Bonchev–Trinajstić information content (AvgIpc) is 2.74. The minimum Gasteiger partial charge on any atom is -0.297 e. The first-order valence-corrected chi connectivity index (χ1v) is 6.80. The molecule has 2 heterocycles. The Balaban J connectivity index is 2.58. The molecular formula is C13H14OS2. The van der Waals surface area contributed by atoms with Crippen LogP contribution >= 0.6 is 22.7 Å². The van der Waals surface area contributed by atoms with Gasteiger partial charge in [0.1, 0.15) is 0 Å². The Labute approximate surface area is 104 Å². The first-order valence-electron chi connectivity index (χ1n) is 5.17. The summed E-state index contributed by atoms with van der Waals surface area (Å²) in [7, 11) is 0. The number of aryl methyl sites for hydroxylation is 2. The zero-order chi connectivity index (χ0) is 11.9. The predicted molar refractivity (Wildman–Crippen MR) is 72.0 cm³/mol. The molecule has 0 N–H and O–H groups in total. The zero-order valence-corrected chi connectivity index (χ0v) is 11.5. The van der Waals surface area contributed by atoms with Crippen LogP contribution in [0.3, 0.4) is 0 Å². The van der Waals surface area contributed by atoms with E-state index in [4.69, 9.17) is 0 Å². The highest BCUT2D eigenvalue weighted by Gasteiger charge is 2.13. The maximum atomic E-state index is 10.8. The van der Waals surface area contributed by atoms with Gasteiger partial charge in [0.2, 0.25) is 0 Å². The van der Waals surface area contributed by atoms with E-state index in [2.05, 4.69) is 26.8 Å². The molecule has 0 bridgehead atoms. The minimum absolute atomic E-state index is 0.845. The van der Waals surface area contributed by atoms with E-state index < -0.39 is 0 Å². The number of carbonyl (C=O) groups is 1. The number of rotatable bonds is 2. The average molecular weight is 250 g/mol. The van der Waals surface area contributed by atoms with Gasteiger partial charge in [-0.2, -0.15) is 0 Å². The van der Waals surface area contributed by atoms with Gasteiger partial charge in [-0.3, -0.25) is 4.79 Å². The van der Waals surface area contributed by atoms with Gasteiger partial charge in [-0.15, -0.1) is 22.7 Å². The largest absolute Gasteiger partial charge is 0.297 e. The topological polar surface area (TPSA) is 17.1 Å². The number of hydrogen-bond acceptors (Lipinski definition) is 3. The molecule has 0 amide bonds. The molecule has 0 spiro atoms. The van der Waals surface area contributed by atoms with Crippen molar-refractivity contribution >= 4 is 29.0 Å². The molecule has 0 aliphatic carbocycles. The molecule has 0 unspecified atom stereocenters. The van der Waals surface area contributed by atoms with E-state index in [1.807, 2.05) is 18.3 Å². The molecule has 0 aliphatic heterocycles. The number of thiophene rings is 2. The van der Waals surface area contributed by atoms with Crippen LogP contribution in [0.4, 0.5) is 0 Å². The standard InChI is InChI=1S/C13H14OS2/c1-7-5-11(16-12(7)6-14)13-9(3)8(2)10(4)15-13/h5-6H,1-4H3. The van der Waals surface area contributed by atoms with Crippen LogP contribution in [0.2, 0.25) is 0 Å². The molecule has 0 radical (unpaired) electrons. The fraction of sp³-hybridized carbons (Fsp3) is 0.308. The van der Waals surface area contributed by atoms with Crippen LogP contribution in [-0.4, -0.2) is 6.29 Å². The van der Waals surface area contributed by atoms with Crippen molar-refractivity contribution in [2.75, 3.05) is 0 Å². The maximum absolute atomic E-state index is 10.8. The van der Waals surface area contributed by atoms with Crippen molar-refractivity contribution < 1.29 is 4.79 Å². The highest BCUT2D eigenvalue weighted by molar-refractivity contribution is 7.23. The molecule has 2 rings (SSSR count). The van der Waals surface area contributed by atoms with Gasteiger partial charge in [0.25, 0.3) is 0 Å². The van der Waals surface area contributed by atoms with Crippen molar-refractivity contribution in [3.05, 3.63) is 32.5 Å². The van der Waals surface area contributed by atoms with E-state index in [1.54, 1.807) is 11.3 Å². The summed E-state index contributed by atoms with van der Waals surface area (Å²) in [6, 6.07) is 2.12. The third-order valence-electron chi connectivity index (χ3n) is 2.97. The third-order valence-corrected chi connectivity index (χ3v) is 5.63. The Bertz CT molecular complexity index is 547. The molecule has 0 aromatic carbocycles. The Morgan fingerprint density at radius 3 is 2.19 bits per heavy atom. The van der Waals surface area contributed by atoms with Gasteiger partial charge >= 0.3 is 0 Å². The quantitative estimate of drug-likeness (QED) is 0.716. The molecule has 84 valence electrons. The van der Waals surface area contributed by atoms with Crippen LogP contribution in [0.1, 0.15) is 31.2 Å². The summed E-state index contributed by atoms with van der Waals surface area (Å²) in [6.45, 7) is 8.46. The lowest BCUT2D eigenvalue weighted by molar-refractivity contribution is 0.112. The molecule has 2 aromatic heterocycles. The SMILES string of the molecule is Cc1cc(-c2sc(C)c(C)c2C)sc1C=O. The fourth-order valence-electron chi connectivity index (χ4n) is 1.70.